The van der Waals surface area contributed by atoms with E-state index in [4.69, 9.17) is 0 Å². The Morgan fingerprint density at radius 2 is 1.57 bits per heavy atom. The molecule has 3 nitrogen and oxygen atoms in total. The first-order valence-corrected chi connectivity index (χ1v) is 14.0. The summed E-state index contributed by atoms with van der Waals surface area (Å²) in [6.45, 7) is 3.27. The van der Waals surface area contributed by atoms with Crippen LogP contribution in [0.5, 0.6) is 0 Å². The summed E-state index contributed by atoms with van der Waals surface area (Å²) < 4.78 is 150. The second kappa shape index (κ2) is 10.7. The van der Waals surface area contributed by atoms with Gasteiger partial charge in [-0.25, -0.2) is 8.42 Å². The van der Waals surface area contributed by atoms with E-state index in [1.807, 2.05) is 22.6 Å². The molecule has 1 heterocycles. The van der Waals surface area contributed by atoms with Gasteiger partial charge in [-0.1, -0.05) is 60.1 Å². The Kier molecular flexibility index (Phi) is 9.30. The van der Waals surface area contributed by atoms with Crippen molar-refractivity contribution in [2.24, 2.45) is 17.3 Å². The quantitative estimate of drug-likeness (QED) is 0.129. The Hall–Kier alpha value is -1.21. The van der Waals surface area contributed by atoms with Gasteiger partial charge in [-0.2, -0.15) is 43.8 Å². The molecule has 2 rings (SSSR count). The molecule has 1 fully saturated rings. The fourth-order valence-corrected chi connectivity index (χ4v) is 6.05. The first kappa shape index (κ1) is 32.0. The fraction of sp³-hybridized carbons (Fsp3) is 0.652. The minimum Gasteiger partial charge on any atom is -0.207 e. The minimum absolute atomic E-state index is 0.225. The van der Waals surface area contributed by atoms with Crippen molar-refractivity contribution in [2.45, 2.75) is 62.5 Å². The molecule has 0 amide bonds. The number of halogens is 10. The zero-order valence-corrected chi connectivity index (χ0v) is 22.9. The van der Waals surface area contributed by atoms with Gasteiger partial charge in [-0.05, 0) is 30.9 Å². The van der Waals surface area contributed by atoms with Gasteiger partial charge < -0.3 is 0 Å². The molecule has 1 aliphatic heterocycles. The highest BCUT2D eigenvalue weighted by atomic mass is 127. The number of hydrogen-bond donors (Lipinski definition) is 0. The van der Waals surface area contributed by atoms with Gasteiger partial charge in [0.1, 0.15) is 0 Å². The van der Waals surface area contributed by atoms with Gasteiger partial charge in [0.25, 0.3) is 0 Å². The van der Waals surface area contributed by atoms with Gasteiger partial charge in [0, 0.05) is 30.4 Å². The van der Waals surface area contributed by atoms with Crippen molar-refractivity contribution in [1.29, 1.82) is 0 Å². The lowest BCUT2D eigenvalue weighted by Gasteiger charge is -2.39. The molecule has 1 saturated heterocycles. The maximum absolute atomic E-state index is 14.7. The molecule has 2 atom stereocenters. The average molecular weight is 677 g/mol. The van der Waals surface area contributed by atoms with Crippen LogP contribution in [-0.4, -0.2) is 54.2 Å². The number of benzene rings is 1. The largest absolute Gasteiger partial charge is 0.460 e. The molecule has 0 aliphatic carbocycles. The summed E-state index contributed by atoms with van der Waals surface area (Å²) in [7, 11) is -4.36. The Bertz CT molecular complexity index is 1130. The monoisotopic (exact) mass is 677 g/mol. The van der Waals surface area contributed by atoms with Crippen LogP contribution in [0.25, 0.3) is 0 Å². The molecular weight excluding hydrogens is 652 g/mol. The number of hydrogen-bond acceptors (Lipinski definition) is 2. The standard InChI is InChI=1S/C23H25F9INO2S/c1-15(2)19(10-4-5-11-33)14-34(37(35,36)18-8-6-16(3)7-9-18)13-17(19)12-20(24,25)21(26,27)22(28,29)23(30,31)32/h6-9,15,17H,5,11-14H2,1-3H3. The van der Waals surface area contributed by atoms with E-state index >= 15 is 0 Å². The zero-order valence-electron chi connectivity index (χ0n) is 20.0. The van der Waals surface area contributed by atoms with Crippen LogP contribution in [0.2, 0.25) is 0 Å². The van der Waals surface area contributed by atoms with Crippen LogP contribution in [-0.2, 0) is 10.0 Å². The molecule has 2 unspecified atom stereocenters. The van der Waals surface area contributed by atoms with Crippen LogP contribution in [0.3, 0.4) is 0 Å². The summed E-state index contributed by atoms with van der Waals surface area (Å²) in [4.78, 5) is -0.225. The van der Waals surface area contributed by atoms with E-state index in [0.29, 0.717) is 9.99 Å². The molecule has 0 spiro atoms. The van der Waals surface area contributed by atoms with Crippen molar-refractivity contribution in [1.82, 2.24) is 4.31 Å². The number of nitrogens with zero attached hydrogens (tertiary/aromatic N) is 1. The third-order valence-corrected chi connectivity index (χ3v) is 8.90. The lowest BCUT2D eigenvalue weighted by molar-refractivity contribution is -0.398. The van der Waals surface area contributed by atoms with E-state index in [-0.39, 0.29) is 11.3 Å². The summed E-state index contributed by atoms with van der Waals surface area (Å²) >= 11 is 1.96. The summed E-state index contributed by atoms with van der Waals surface area (Å²) in [6.07, 6.45) is -8.85. The topological polar surface area (TPSA) is 37.4 Å². The van der Waals surface area contributed by atoms with Crippen molar-refractivity contribution >= 4 is 32.6 Å². The smallest absolute Gasteiger partial charge is 0.207 e. The SMILES string of the molecule is Cc1ccc(S(=O)(=O)N2CC(CC(F)(F)C(F)(F)C(F)(F)C(F)(F)F)C(C#CCCI)(C(C)C)C2)cc1. The second-order valence-electron chi connectivity index (χ2n) is 9.30. The third kappa shape index (κ3) is 5.88. The molecule has 0 aromatic heterocycles. The number of alkyl halides is 10. The average Bonchev–Trinajstić information content (AvgIpc) is 3.13. The summed E-state index contributed by atoms with van der Waals surface area (Å²) in [5.41, 5.74) is -0.997. The summed E-state index contributed by atoms with van der Waals surface area (Å²) in [5.74, 6) is -16.8. The molecule has 0 N–H and O–H groups in total. The molecular formula is C23H25F9INO2S. The number of rotatable bonds is 8. The number of sulfonamides is 1. The predicted octanol–water partition coefficient (Wildman–Crippen LogP) is 6.94. The normalized spacial score (nSPS) is 22.3. The molecule has 1 aromatic carbocycles. The molecule has 0 saturated carbocycles. The van der Waals surface area contributed by atoms with Crippen molar-refractivity contribution in [3.8, 4) is 11.8 Å². The van der Waals surface area contributed by atoms with E-state index in [2.05, 4.69) is 11.8 Å². The van der Waals surface area contributed by atoms with Crippen LogP contribution in [0.15, 0.2) is 29.2 Å². The maximum Gasteiger partial charge on any atom is 0.460 e. The van der Waals surface area contributed by atoms with Crippen LogP contribution in [0, 0.1) is 36.0 Å². The molecule has 1 aromatic rings. The van der Waals surface area contributed by atoms with E-state index < -0.39 is 70.7 Å². The Balaban J connectivity index is 2.61. The number of aryl methyl sites for hydroxylation is 1. The lowest BCUT2D eigenvalue weighted by atomic mass is 9.68. The van der Waals surface area contributed by atoms with Crippen LogP contribution in [0.1, 0.15) is 32.3 Å². The highest BCUT2D eigenvalue weighted by Crippen LogP contribution is 2.57. The van der Waals surface area contributed by atoms with Crippen LogP contribution in [0.4, 0.5) is 39.5 Å². The minimum atomic E-state index is -7.02. The van der Waals surface area contributed by atoms with Crippen LogP contribution >= 0.6 is 22.6 Å². The fourth-order valence-electron chi connectivity index (χ4n) is 4.24. The Morgan fingerprint density at radius 1 is 1.03 bits per heavy atom. The highest BCUT2D eigenvalue weighted by Gasteiger charge is 2.82. The molecule has 1 aliphatic rings. The van der Waals surface area contributed by atoms with Gasteiger partial charge >= 0.3 is 23.9 Å². The Labute approximate surface area is 223 Å². The van der Waals surface area contributed by atoms with Crippen molar-refractivity contribution in [2.75, 3.05) is 17.5 Å². The van der Waals surface area contributed by atoms with E-state index in [1.165, 1.54) is 38.1 Å². The van der Waals surface area contributed by atoms with Gasteiger partial charge in [-0.3, -0.25) is 0 Å². The highest BCUT2D eigenvalue weighted by molar-refractivity contribution is 14.1. The van der Waals surface area contributed by atoms with Gasteiger partial charge in [0.15, 0.2) is 0 Å². The van der Waals surface area contributed by atoms with Crippen LogP contribution < -0.4 is 0 Å². The van der Waals surface area contributed by atoms with Gasteiger partial charge in [-0.15, -0.1) is 5.92 Å². The molecule has 0 radical (unpaired) electrons. The lowest BCUT2D eigenvalue weighted by Crippen LogP contribution is -2.61. The molecule has 14 heteroatoms. The van der Waals surface area contributed by atoms with E-state index in [0.717, 1.165) is 4.31 Å². The van der Waals surface area contributed by atoms with Gasteiger partial charge in [0.2, 0.25) is 10.0 Å². The van der Waals surface area contributed by atoms with E-state index in [9.17, 15) is 47.9 Å². The summed E-state index contributed by atoms with van der Waals surface area (Å²) in [5, 5.41) is 0. The van der Waals surface area contributed by atoms with Crippen molar-refractivity contribution < 1.29 is 47.9 Å². The Morgan fingerprint density at radius 3 is 2.03 bits per heavy atom. The third-order valence-electron chi connectivity index (χ3n) is 6.53. The van der Waals surface area contributed by atoms with Crippen molar-refractivity contribution in [3.05, 3.63) is 29.8 Å². The van der Waals surface area contributed by atoms with Crippen molar-refractivity contribution in [3.63, 3.8) is 0 Å². The maximum atomic E-state index is 14.7. The molecule has 37 heavy (non-hydrogen) atoms. The first-order chi connectivity index (χ1) is 16.7. The predicted molar refractivity (Wildman–Crippen MR) is 127 cm³/mol. The zero-order chi connectivity index (χ0) is 28.7. The molecule has 0 bridgehead atoms. The first-order valence-electron chi connectivity index (χ1n) is 11.0. The van der Waals surface area contributed by atoms with E-state index in [1.54, 1.807) is 6.92 Å². The van der Waals surface area contributed by atoms with Gasteiger partial charge in [0.05, 0.1) is 10.3 Å². The second-order valence-corrected chi connectivity index (χ2v) is 12.3. The summed E-state index contributed by atoms with van der Waals surface area (Å²) in [6, 6.07) is 5.46. The molecule has 210 valence electrons.